The molecule has 0 aliphatic heterocycles. The molecule has 2 unspecified atom stereocenters. The molecule has 0 aromatic rings. The van der Waals surface area contributed by atoms with Crippen LogP contribution in [0.3, 0.4) is 0 Å². The molecule has 3 nitrogen and oxygen atoms in total. The molecule has 0 aromatic heterocycles. The average Bonchev–Trinajstić information content (AvgIpc) is 2.57. The van der Waals surface area contributed by atoms with E-state index in [1.165, 1.54) is 25.7 Å². The minimum atomic E-state index is -0.490. The lowest BCUT2D eigenvalue weighted by molar-refractivity contribution is 0.0189. The van der Waals surface area contributed by atoms with Crippen molar-refractivity contribution in [1.29, 1.82) is 0 Å². The molecule has 0 spiro atoms. The fraction of sp³-hybridized carbons (Fsp3) is 1.00. The lowest BCUT2D eigenvalue weighted by Gasteiger charge is -2.31. The van der Waals surface area contributed by atoms with Gasteiger partial charge in [-0.25, -0.2) is 0 Å². The molecular formula is C15H29NO2. The predicted octanol–water partition coefficient (Wildman–Crippen LogP) is 2.21. The zero-order valence-electron chi connectivity index (χ0n) is 11.5. The minimum absolute atomic E-state index is 0.130. The van der Waals surface area contributed by atoms with Gasteiger partial charge in [0.15, 0.2) is 0 Å². The smallest absolute Gasteiger partial charge is 0.0771 e. The number of hydrogen-bond acceptors (Lipinski definition) is 3. The van der Waals surface area contributed by atoms with Gasteiger partial charge in [-0.2, -0.15) is 0 Å². The number of rotatable bonds is 4. The molecule has 2 atom stereocenters. The Labute approximate surface area is 111 Å². The Balaban J connectivity index is 1.70. The number of aliphatic hydroxyl groups is 2. The Morgan fingerprint density at radius 2 is 1.61 bits per heavy atom. The van der Waals surface area contributed by atoms with Crippen LogP contribution in [0.15, 0.2) is 0 Å². The molecule has 0 bridgehead atoms. The van der Waals surface area contributed by atoms with Crippen LogP contribution >= 0.6 is 0 Å². The van der Waals surface area contributed by atoms with E-state index in [-0.39, 0.29) is 6.10 Å². The molecule has 3 N–H and O–H groups in total. The normalized spacial score (nSPS) is 33.0. The monoisotopic (exact) mass is 255 g/mol. The molecular weight excluding hydrogens is 226 g/mol. The average molecular weight is 255 g/mol. The van der Waals surface area contributed by atoms with Crippen molar-refractivity contribution in [2.24, 2.45) is 5.92 Å². The second-order valence-electron chi connectivity index (χ2n) is 6.38. The van der Waals surface area contributed by atoms with Crippen LogP contribution in [0.5, 0.6) is 0 Å². The van der Waals surface area contributed by atoms with E-state index >= 15 is 0 Å². The quantitative estimate of drug-likeness (QED) is 0.675. The van der Waals surface area contributed by atoms with E-state index in [1.54, 1.807) is 0 Å². The zero-order chi connectivity index (χ0) is 12.8. The summed E-state index contributed by atoms with van der Waals surface area (Å²) in [5.74, 6) is 0.396. The van der Waals surface area contributed by atoms with Gasteiger partial charge in [0.2, 0.25) is 0 Å². The van der Waals surface area contributed by atoms with Crippen LogP contribution in [0, 0.1) is 5.92 Å². The van der Waals surface area contributed by atoms with Crippen molar-refractivity contribution in [2.75, 3.05) is 13.1 Å². The molecule has 106 valence electrons. The van der Waals surface area contributed by atoms with Gasteiger partial charge in [0.1, 0.15) is 0 Å². The molecule has 2 aliphatic rings. The Morgan fingerprint density at radius 1 is 0.944 bits per heavy atom. The number of hydrogen-bond donors (Lipinski definition) is 3. The van der Waals surface area contributed by atoms with Gasteiger partial charge >= 0.3 is 0 Å². The summed E-state index contributed by atoms with van der Waals surface area (Å²) in [6.45, 7) is 1.57. The minimum Gasteiger partial charge on any atom is -0.393 e. The topological polar surface area (TPSA) is 52.5 Å². The van der Waals surface area contributed by atoms with Crippen LogP contribution in [-0.2, 0) is 0 Å². The van der Waals surface area contributed by atoms with Crippen LogP contribution < -0.4 is 5.32 Å². The van der Waals surface area contributed by atoms with E-state index in [0.717, 1.165) is 45.1 Å². The summed E-state index contributed by atoms with van der Waals surface area (Å²) in [6, 6.07) is 0. The lowest BCUT2D eigenvalue weighted by Crippen LogP contribution is -2.43. The van der Waals surface area contributed by atoms with Gasteiger partial charge in [-0.1, -0.05) is 38.5 Å². The van der Waals surface area contributed by atoms with Gasteiger partial charge in [0, 0.05) is 13.1 Å². The maximum atomic E-state index is 10.5. The lowest BCUT2D eigenvalue weighted by atomic mass is 9.86. The highest BCUT2D eigenvalue weighted by Crippen LogP contribution is 2.27. The van der Waals surface area contributed by atoms with Crippen LogP contribution in [0.25, 0.3) is 0 Å². The highest BCUT2D eigenvalue weighted by atomic mass is 16.3. The Bertz CT molecular complexity index is 237. The summed E-state index contributed by atoms with van der Waals surface area (Å²) in [7, 11) is 0. The van der Waals surface area contributed by atoms with Gasteiger partial charge in [0.25, 0.3) is 0 Å². The fourth-order valence-corrected chi connectivity index (χ4v) is 3.48. The Morgan fingerprint density at radius 3 is 2.28 bits per heavy atom. The maximum absolute atomic E-state index is 10.5. The van der Waals surface area contributed by atoms with Crippen molar-refractivity contribution in [3.8, 4) is 0 Å². The molecule has 0 aromatic carbocycles. The van der Waals surface area contributed by atoms with Crippen molar-refractivity contribution in [2.45, 2.75) is 75.9 Å². The highest BCUT2D eigenvalue weighted by Gasteiger charge is 2.28. The summed E-state index contributed by atoms with van der Waals surface area (Å²) < 4.78 is 0. The van der Waals surface area contributed by atoms with E-state index < -0.39 is 5.60 Å². The molecule has 2 aliphatic carbocycles. The first-order valence-corrected chi connectivity index (χ1v) is 7.81. The Hall–Kier alpha value is -0.120. The van der Waals surface area contributed by atoms with E-state index in [9.17, 15) is 10.2 Å². The van der Waals surface area contributed by atoms with Gasteiger partial charge in [-0.3, -0.25) is 0 Å². The van der Waals surface area contributed by atoms with Gasteiger partial charge in [-0.05, 0) is 31.6 Å². The van der Waals surface area contributed by atoms with Gasteiger partial charge < -0.3 is 15.5 Å². The second-order valence-corrected chi connectivity index (χ2v) is 6.38. The standard InChI is InChI=1S/C15H29NO2/c17-14-8-4-3-7-13(14)11-16-12-15(18)9-5-1-2-6-10-15/h13-14,16-18H,1-12H2. The molecule has 2 saturated carbocycles. The zero-order valence-corrected chi connectivity index (χ0v) is 11.5. The first-order valence-electron chi connectivity index (χ1n) is 7.81. The summed E-state index contributed by atoms with van der Waals surface area (Å²) in [5, 5.41) is 23.8. The van der Waals surface area contributed by atoms with E-state index in [2.05, 4.69) is 5.32 Å². The van der Waals surface area contributed by atoms with Gasteiger partial charge in [0.05, 0.1) is 11.7 Å². The maximum Gasteiger partial charge on any atom is 0.0771 e. The predicted molar refractivity (Wildman–Crippen MR) is 73.5 cm³/mol. The molecule has 0 radical (unpaired) electrons. The largest absolute Gasteiger partial charge is 0.393 e. The van der Waals surface area contributed by atoms with Crippen LogP contribution in [0.1, 0.15) is 64.2 Å². The van der Waals surface area contributed by atoms with Crippen LogP contribution in [0.4, 0.5) is 0 Å². The first-order chi connectivity index (χ1) is 8.70. The van der Waals surface area contributed by atoms with Crippen LogP contribution in [0.2, 0.25) is 0 Å². The highest BCUT2D eigenvalue weighted by molar-refractivity contribution is 4.84. The van der Waals surface area contributed by atoms with Gasteiger partial charge in [-0.15, -0.1) is 0 Å². The summed E-state index contributed by atoms with van der Waals surface area (Å²) >= 11 is 0. The summed E-state index contributed by atoms with van der Waals surface area (Å²) in [5.41, 5.74) is -0.490. The van der Waals surface area contributed by atoms with Crippen molar-refractivity contribution in [3.05, 3.63) is 0 Å². The molecule has 18 heavy (non-hydrogen) atoms. The van der Waals surface area contributed by atoms with E-state index in [4.69, 9.17) is 0 Å². The number of aliphatic hydroxyl groups excluding tert-OH is 1. The first kappa shape index (κ1) is 14.3. The third-order valence-electron chi connectivity index (χ3n) is 4.76. The molecule has 0 amide bonds. The van der Waals surface area contributed by atoms with Crippen molar-refractivity contribution in [3.63, 3.8) is 0 Å². The number of nitrogens with one attached hydrogen (secondary N) is 1. The van der Waals surface area contributed by atoms with Crippen molar-refractivity contribution < 1.29 is 10.2 Å². The van der Waals surface area contributed by atoms with Crippen molar-refractivity contribution >= 4 is 0 Å². The summed E-state index contributed by atoms with van der Waals surface area (Å²) in [6.07, 6.45) is 11.1. The fourth-order valence-electron chi connectivity index (χ4n) is 3.48. The van der Waals surface area contributed by atoms with E-state index in [1.807, 2.05) is 0 Å². The second kappa shape index (κ2) is 6.88. The molecule has 3 heteroatoms. The van der Waals surface area contributed by atoms with Crippen molar-refractivity contribution in [1.82, 2.24) is 5.32 Å². The van der Waals surface area contributed by atoms with E-state index in [0.29, 0.717) is 12.5 Å². The summed E-state index contributed by atoms with van der Waals surface area (Å²) in [4.78, 5) is 0. The molecule has 2 rings (SSSR count). The molecule has 0 heterocycles. The molecule has 2 fully saturated rings. The Kier molecular flexibility index (Phi) is 5.46. The molecule has 0 saturated heterocycles. The van der Waals surface area contributed by atoms with Crippen LogP contribution in [-0.4, -0.2) is 35.0 Å². The third kappa shape index (κ3) is 4.22. The SMILES string of the molecule is OC1CCCCC1CNCC1(O)CCCCCC1. The third-order valence-corrected chi connectivity index (χ3v) is 4.76.